The predicted octanol–water partition coefficient (Wildman–Crippen LogP) is 3.08. The molecular formula is C20H22ClN3O4S. The number of hydrogen-bond acceptors (Lipinski definition) is 4. The molecular weight excluding hydrogens is 414 g/mol. The van der Waals surface area contributed by atoms with Crippen molar-refractivity contribution in [1.29, 1.82) is 0 Å². The van der Waals surface area contributed by atoms with Crippen molar-refractivity contribution in [3.05, 3.63) is 58.6 Å². The van der Waals surface area contributed by atoms with E-state index in [1.807, 2.05) is 0 Å². The van der Waals surface area contributed by atoms with Crippen LogP contribution in [0.25, 0.3) is 0 Å². The van der Waals surface area contributed by atoms with Gasteiger partial charge in [0.25, 0.3) is 11.8 Å². The van der Waals surface area contributed by atoms with Crippen LogP contribution in [0.1, 0.15) is 33.6 Å². The Labute approximate surface area is 175 Å². The van der Waals surface area contributed by atoms with Crippen LogP contribution in [-0.2, 0) is 10.0 Å². The minimum Gasteiger partial charge on any atom is -0.339 e. The molecule has 2 amide bonds. The first-order valence-corrected chi connectivity index (χ1v) is 10.9. The molecule has 7 nitrogen and oxygen atoms in total. The van der Waals surface area contributed by atoms with Crippen LogP contribution in [0.3, 0.4) is 0 Å². The first-order chi connectivity index (χ1) is 13.7. The number of carbonyl (C=O) groups excluding carboxylic acids is 2. The highest BCUT2D eigenvalue weighted by Crippen LogP contribution is 2.25. The maximum atomic E-state index is 12.7. The van der Waals surface area contributed by atoms with Gasteiger partial charge in [-0.3, -0.25) is 9.59 Å². The summed E-state index contributed by atoms with van der Waals surface area (Å²) in [6.07, 6.45) is 1.99. The normalized spacial score (nSPS) is 14.3. The van der Waals surface area contributed by atoms with E-state index >= 15 is 0 Å². The number of amides is 2. The van der Waals surface area contributed by atoms with Crippen molar-refractivity contribution in [2.75, 3.05) is 32.5 Å². The number of nitrogens with one attached hydrogen (secondary N) is 1. The molecule has 1 aliphatic heterocycles. The second kappa shape index (κ2) is 8.52. The van der Waals surface area contributed by atoms with Crippen molar-refractivity contribution in [3.8, 4) is 0 Å². The van der Waals surface area contributed by atoms with Crippen LogP contribution in [0.15, 0.2) is 47.4 Å². The van der Waals surface area contributed by atoms with E-state index < -0.39 is 15.9 Å². The monoisotopic (exact) mass is 435 g/mol. The van der Waals surface area contributed by atoms with Crippen molar-refractivity contribution < 1.29 is 18.0 Å². The molecule has 1 N–H and O–H groups in total. The minimum absolute atomic E-state index is 0.0356. The molecule has 1 aliphatic rings. The van der Waals surface area contributed by atoms with Crippen LogP contribution >= 0.6 is 11.6 Å². The Morgan fingerprint density at radius 1 is 1.03 bits per heavy atom. The van der Waals surface area contributed by atoms with E-state index in [1.54, 1.807) is 29.2 Å². The van der Waals surface area contributed by atoms with Crippen molar-refractivity contribution in [2.45, 2.75) is 17.7 Å². The SMILES string of the molecule is CN(C)S(=O)(=O)c1cc(C(=O)Nc2cccc(C(=O)N3CCCC3)c2)ccc1Cl. The lowest BCUT2D eigenvalue weighted by Gasteiger charge is -2.16. The number of likely N-dealkylation sites (tertiary alicyclic amines) is 1. The third-order valence-corrected chi connectivity index (χ3v) is 7.01. The summed E-state index contributed by atoms with van der Waals surface area (Å²) in [6.45, 7) is 1.48. The number of carbonyl (C=O) groups is 2. The number of nitrogens with zero attached hydrogens (tertiary/aromatic N) is 2. The molecule has 2 aromatic rings. The minimum atomic E-state index is -3.79. The van der Waals surface area contributed by atoms with E-state index in [0.717, 1.165) is 30.2 Å². The van der Waals surface area contributed by atoms with Crippen molar-refractivity contribution in [2.24, 2.45) is 0 Å². The second-order valence-electron chi connectivity index (χ2n) is 6.97. The number of halogens is 1. The van der Waals surface area contributed by atoms with Crippen molar-refractivity contribution in [1.82, 2.24) is 9.21 Å². The summed E-state index contributed by atoms with van der Waals surface area (Å²) in [7, 11) is -1.01. The molecule has 154 valence electrons. The molecule has 29 heavy (non-hydrogen) atoms. The molecule has 0 aliphatic carbocycles. The van der Waals surface area contributed by atoms with Crippen LogP contribution < -0.4 is 5.32 Å². The fourth-order valence-electron chi connectivity index (χ4n) is 3.08. The fourth-order valence-corrected chi connectivity index (χ4v) is 4.47. The van der Waals surface area contributed by atoms with Gasteiger partial charge < -0.3 is 10.2 Å². The summed E-state index contributed by atoms with van der Waals surface area (Å²) in [5, 5.41) is 2.75. The maximum absolute atomic E-state index is 12.7. The standard InChI is InChI=1S/C20H22ClN3O4S/c1-23(2)29(27,28)18-13-14(8-9-17(18)21)19(25)22-16-7-5-6-15(12-16)20(26)24-10-3-4-11-24/h5-9,12-13H,3-4,10-11H2,1-2H3,(H,22,25). The van der Waals surface area contributed by atoms with Gasteiger partial charge in [0.1, 0.15) is 4.90 Å². The van der Waals surface area contributed by atoms with Gasteiger partial charge in [-0.25, -0.2) is 12.7 Å². The van der Waals surface area contributed by atoms with Gasteiger partial charge in [-0.15, -0.1) is 0 Å². The highest BCUT2D eigenvalue weighted by atomic mass is 35.5. The fraction of sp³-hybridized carbons (Fsp3) is 0.300. The largest absolute Gasteiger partial charge is 0.339 e. The highest BCUT2D eigenvalue weighted by molar-refractivity contribution is 7.89. The van der Waals surface area contributed by atoms with Gasteiger partial charge in [0.2, 0.25) is 10.0 Å². The van der Waals surface area contributed by atoms with Gasteiger partial charge in [0, 0.05) is 44.0 Å². The average molecular weight is 436 g/mol. The second-order valence-corrected chi connectivity index (χ2v) is 9.49. The smallest absolute Gasteiger partial charge is 0.255 e. The Bertz CT molecular complexity index is 1050. The molecule has 0 aromatic heterocycles. The number of benzene rings is 2. The van der Waals surface area contributed by atoms with Crippen LogP contribution in [0.2, 0.25) is 5.02 Å². The zero-order valence-electron chi connectivity index (χ0n) is 16.2. The molecule has 0 radical (unpaired) electrons. The molecule has 3 rings (SSSR count). The number of rotatable bonds is 5. The van der Waals surface area contributed by atoms with E-state index in [9.17, 15) is 18.0 Å². The molecule has 1 saturated heterocycles. The van der Waals surface area contributed by atoms with E-state index in [1.165, 1.54) is 32.3 Å². The predicted molar refractivity (Wildman–Crippen MR) is 112 cm³/mol. The lowest BCUT2D eigenvalue weighted by atomic mass is 10.1. The van der Waals surface area contributed by atoms with Crippen LogP contribution in [0, 0.1) is 0 Å². The molecule has 0 atom stereocenters. The van der Waals surface area contributed by atoms with Gasteiger partial charge in [0.15, 0.2) is 0 Å². The van der Waals surface area contributed by atoms with Crippen molar-refractivity contribution >= 4 is 39.1 Å². The summed E-state index contributed by atoms with van der Waals surface area (Å²) >= 11 is 6.03. The summed E-state index contributed by atoms with van der Waals surface area (Å²) in [5.41, 5.74) is 1.09. The molecule has 0 saturated carbocycles. The number of hydrogen-bond donors (Lipinski definition) is 1. The van der Waals surface area contributed by atoms with Crippen LogP contribution in [0.4, 0.5) is 5.69 Å². The van der Waals surface area contributed by atoms with Gasteiger partial charge in [-0.05, 0) is 49.2 Å². The van der Waals surface area contributed by atoms with Crippen LogP contribution in [0.5, 0.6) is 0 Å². The van der Waals surface area contributed by atoms with E-state index in [4.69, 9.17) is 11.6 Å². The quantitative estimate of drug-likeness (QED) is 0.781. The molecule has 0 unspecified atom stereocenters. The molecule has 1 heterocycles. The van der Waals surface area contributed by atoms with Gasteiger partial charge in [0.05, 0.1) is 5.02 Å². The van der Waals surface area contributed by atoms with E-state index in [2.05, 4.69) is 5.32 Å². The summed E-state index contributed by atoms with van der Waals surface area (Å²) < 4.78 is 25.8. The number of anilines is 1. The Morgan fingerprint density at radius 2 is 1.72 bits per heavy atom. The van der Waals surface area contributed by atoms with E-state index in [-0.39, 0.29) is 21.4 Å². The highest BCUT2D eigenvalue weighted by Gasteiger charge is 2.23. The summed E-state index contributed by atoms with van der Waals surface area (Å²) in [6, 6.07) is 10.8. The molecule has 0 spiro atoms. The third kappa shape index (κ3) is 4.60. The molecule has 1 fully saturated rings. The summed E-state index contributed by atoms with van der Waals surface area (Å²) in [5.74, 6) is -0.563. The number of sulfonamides is 1. The lowest BCUT2D eigenvalue weighted by molar-refractivity contribution is 0.0792. The lowest BCUT2D eigenvalue weighted by Crippen LogP contribution is -2.27. The molecule has 0 bridgehead atoms. The molecule has 2 aromatic carbocycles. The van der Waals surface area contributed by atoms with Gasteiger partial charge >= 0.3 is 0 Å². The Balaban J connectivity index is 1.82. The van der Waals surface area contributed by atoms with Gasteiger partial charge in [-0.2, -0.15) is 0 Å². The van der Waals surface area contributed by atoms with Gasteiger partial charge in [-0.1, -0.05) is 17.7 Å². The Kier molecular flexibility index (Phi) is 6.26. The van der Waals surface area contributed by atoms with Crippen LogP contribution in [-0.4, -0.2) is 56.6 Å². The first kappa shape index (κ1) is 21.3. The topological polar surface area (TPSA) is 86.8 Å². The maximum Gasteiger partial charge on any atom is 0.255 e. The van der Waals surface area contributed by atoms with E-state index in [0.29, 0.717) is 11.3 Å². The molecule has 9 heteroatoms. The Morgan fingerprint density at radius 3 is 2.38 bits per heavy atom. The zero-order chi connectivity index (χ0) is 21.2. The van der Waals surface area contributed by atoms with Crippen molar-refractivity contribution in [3.63, 3.8) is 0 Å². The zero-order valence-corrected chi connectivity index (χ0v) is 17.8. The first-order valence-electron chi connectivity index (χ1n) is 9.13. The Hall–Kier alpha value is -2.42. The third-order valence-electron chi connectivity index (χ3n) is 4.71. The average Bonchev–Trinajstić information content (AvgIpc) is 3.22. The summed E-state index contributed by atoms with van der Waals surface area (Å²) in [4.78, 5) is 26.8.